The van der Waals surface area contributed by atoms with Crippen molar-refractivity contribution in [2.24, 2.45) is 5.92 Å². The van der Waals surface area contributed by atoms with Crippen LogP contribution in [0.5, 0.6) is 0 Å². The van der Waals surface area contributed by atoms with Gasteiger partial charge in [0.05, 0.1) is 0 Å². The Morgan fingerprint density at radius 1 is 1.27 bits per heavy atom. The number of hydrogen-bond acceptors (Lipinski definition) is 6. The summed E-state index contributed by atoms with van der Waals surface area (Å²) in [7, 11) is 0. The second-order valence-corrected chi connectivity index (χ2v) is 3.39. The first-order valence-electron chi connectivity index (χ1n) is 4.43. The Morgan fingerprint density at radius 2 is 1.87 bits per heavy atom. The van der Waals surface area contributed by atoms with Gasteiger partial charge in [-0.1, -0.05) is 13.8 Å². The average Bonchev–Trinajstić information content (AvgIpc) is 2.22. The van der Waals surface area contributed by atoms with E-state index >= 15 is 0 Å². The van der Waals surface area contributed by atoms with E-state index in [0.29, 0.717) is 12.3 Å². The Balaban J connectivity index is 4.51. The summed E-state index contributed by atoms with van der Waals surface area (Å²) in [5, 5.41) is 16.2. The van der Waals surface area contributed by atoms with Crippen molar-refractivity contribution in [2.75, 3.05) is 0 Å². The van der Waals surface area contributed by atoms with Crippen molar-refractivity contribution in [1.29, 1.82) is 0 Å². The fraction of sp³-hybridized carbons (Fsp3) is 0.556. The van der Waals surface area contributed by atoms with Crippen LogP contribution in [0.4, 0.5) is 0 Å². The fourth-order valence-corrected chi connectivity index (χ4v) is 0.905. The second-order valence-electron chi connectivity index (χ2n) is 3.39. The van der Waals surface area contributed by atoms with Crippen molar-refractivity contribution in [3.05, 3.63) is 11.6 Å². The molecule has 0 aromatic heterocycles. The maximum atomic E-state index is 10.9. The summed E-state index contributed by atoms with van der Waals surface area (Å²) < 4.78 is 0. The van der Waals surface area contributed by atoms with Gasteiger partial charge in [-0.25, -0.2) is 9.59 Å². The zero-order chi connectivity index (χ0) is 11.8. The highest BCUT2D eigenvalue weighted by Crippen LogP contribution is 2.12. The van der Waals surface area contributed by atoms with Crippen LogP contribution in [0.25, 0.3) is 0 Å². The Hall–Kier alpha value is -1.40. The number of rotatable bonds is 5. The molecule has 86 valence electrons. The maximum absolute atomic E-state index is 10.9. The molecule has 0 radical (unpaired) electrons. The lowest BCUT2D eigenvalue weighted by Gasteiger charge is -2.05. The van der Waals surface area contributed by atoms with Gasteiger partial charge < -0.3 is 0 Å². The predicted octanol–water partition coefficient (Wildman–Crippen LogP) is 1.38. The molecule has 15 heavy (non-hydrogen) atoms. The summed E-state index contributed by atoms with van der Waals surface area (Å²) in [5.41, 5.74) is -0.0507. The van der Waals surface area contributed by atoms with E-state index < -0.39 is 11.9 Å². The van der Waals surface area contributed by atoms with E-state index in [0.717, 1.165) is 6.08 Å². The van der Waals surface area contributed by atoms with E-state index in [1.54, 1.807) is 0 Å². The Kier molecular flexibility index (Phi) is 6.32. The zero-order valence-corrected chi connectivity index (χ0v) is 8.60. The monoisotopic (exact) mass is 218 g/mol. The first-order chi connectivity index (χ1) is 7.01. The molecule has 6 nitrogen and oxygen atoms in total. The molecule has 0 aromatic carbocycles. The van der Waals surface area contributed by atoms with Gasteiger partial charge in [-0.3, -0.25) is 9.78 Å². The first kappa shape index (κ1) is 13.6. The molecular formula is C9H14O6. The van der Waals surface area contributed by atoms with Crippen LogP contribution >= 0.6 is 0 Å². The van der Waals surface area contributed by atoms with E-state index in [9.17, 15) is 9.59 Å². The molecule has 0 aromatic rings. The van der Waals surface area contributed by atoms with Crippen molar-refractivity contribution in [3.63, 3.8) is 0 Å². The maximum Gasteiger partial charge on any atom is 0.369 e. The Labute approximate surface area is 87.0 Å². The average molecular weight is 218 g/mol. The molecule has 0 spiro atoms. The quantitative estimate of drug-likeness (QED) is 0.411. The molecule has 0 amide bonds. The van der Waals surface area contributed by atoms with Gasteiger partial charge in [0.25, 0.3) is 0 Å². The summed E-state index contributed by atoms with van der Waals surface area (Å²) in [6.07, 6.45) is 1.67. The van der Waals surface area contributed by atoms with Gasteiger partial charge in [-0.05, 0) is 18.8 Å². The van der Waals surface area contributed by atoms with Gasteiger partial charge >= 0.3 is 11.9 Å². The third-order valence-corrected chi connectivity index (χ3v) is 1.72. The molecule has 0 unspecified atom stereocenters. The highest BCUT2D eigenvalue weighted by molar-refractivity contribution is 5.95. The minimum atomic E-state index is -1.08. The molecule has 0 heterocycles. The van der Waals surface area contributed by atoms with Crippen molar-refractivity contribution in [1.82, 2.24) is 0 Å². The van der Waals surface area contributed by atoms with Crippen molar-refractivity contribution >= 4 is 11.9 Å². The van der Waals surface area contributed by atoms with Gasteiger partial charge in [-0.2, -0.15) is 10.5 Å². The summed E-state index contributed by atoms with van der Waals surface area (Å²) in [6.45, 7) is 3.87. The molecule has 0 saturated heterocycles. The van der Waals surface area contributed by atoms with E-state index in [-0.39, 0.29) is 12.0 Å². The topological polar surface area (TPSA) is 93.1 Å². The lowest BCUT2D eigenvalue weighted by molar-refractivity contribution is -0.231. The summed E-state index contributed by atoms with van der Waals surface area (Å²) in [5.74, 6) is -1.79. The van der Waals surface area contributed by atoms with Gasteiger partial charge in [0.1, 0.15) is 0 Å². The number of carbonyl (C=O) groups excluding carboxylic acids is 2. The Bertz CT molecular complexity index is 255. The molecule has 0 aliphatic rings. The normalized spacial score (nSPS) is 11.4. The lowest BCUT2D eigenvalue weighted by Crippen LogP contribution is -2.09. The van der Waals surface area contributed by atoms with E-state index in [1.807, 2.05) is 13.8 Å². The summed E-state index contributed by atoms with van der Waals surface area (Å²) in [6, 6.07) is 0. The standard InChI is InChI=1S/C9H14O6/c1-6(2)3-4-7(9(11)15-13)5-8(10)14-12/h5-6,12-13H,3-4H2,1-2H3/b7-5-. The SMILES string of the molecule is CC(C)CC/C(=C/C(=O)OO)C(=O)OO. The lowest BCUT2D eigenvalue weighted by atomic mass is 10.0. The molecular weight excluding hydrogens is 204 g/mol. The molecule has 0 aliphatic carbocycles. The van der Waals surface area contributed by atoms with E-state index in [4.69, 9.17) is 10.5 Å². The molecule has 0 atom stereocenters. The highest BCUT2D eigenvalue weighted by atomic mass is 17.1. The molecule has 0 saturated carbocycles. The third-order valence-electron chi connectivity index (χ3n) is 1.72. The summed E-state index contributed by atoms with van der Waals surface area (Å²) in [4.78, 5) is 28.5. The smallest absolute Gasteiger partial charge is 0.296 e. The van der Waals surface area contributed by atoms with Crippen molar-refractivity contribution in [2.45, 2.75) is 26.7 Å². The van der Waals surface area contributed by atoms with Crippen LogP contribution < -0.4 is 0 Å². The van der Waals surface area contributed by atoms with E-state index in [1.165, 1.54) is 0 Å². The first-order valence-corrected chi connectivity index (χ1v) is 4.43. The molecule has 2 N–H and O–H groups in total. The van der Waals surface area contributed by atoms with E-state index in [2.05, 4.69) is 9.78 Å². The minimum Gasteiger partial charge on any atom is -0.296 e. The number of carbonyl (C=O) groups is 2. The largest absolute Gasteiger partial charge is 0.369 e. The molecule has 0 rings (SSSR count). The van der Waals surface area contributed by atoms with Crippen molar-refractivity contribution < 1.29 is 29.9 Å². The predicted molar refractivity (Wildman–Crippen MR) is 49.6 cm³/mol. The molecule has 0 aliphatic heterocycles. The van der Waals surface area contributed by atoms with Gasteiger partial charge in [0, 0.05) is 11.6 Å². The summed E-state index contributed by atoms with van der Waals surface area (Å²) >= 11 is 0. The minimum absolute atomic E-state index is 0.0507. The molecule has 0 bridgehead atoms. The molecule has 6 heteroatoms. The fourth-order valence-electron chi connectivity index (χ4n) is 0.905. The van der Waals surface area contributed by atoms with Crippen LogP contribution in [0.3, 0.4) is 0 Å². The van der Waals surface area contributed by atoms with Crippen LogP contribution in [0.15, 0.2) is 11.6 Å². The highest BCUT2D eigenvalue weighted by Gasteiger charge is 2.14. The molecule has 0 fully saturated rings. The third kappa shape index (κ3) is 5.82. The van der Waals surface area contributed by atoms with Crippen LogP contribution in [-0.2, 0) is 19.4 Å². The van der Waals surface area contributed by atoms with Crippen LogP contribution in [0, 0.1) is 5.92 Å². The van der Waals surface area contributed by atoms with Gasteiger partial charge in [0.15, 0.2) is 0 Å². The van der Waals surface area contributed by atoms with Crippen LogP contribution in [0.1, 0.15) is 26.7 Å². The van der Waals surface area contributed by atoms with Crippen LogP contribution in [0.2, 0.25) is 0 Å². The van der Waals surface area contributed by atoms with Crippen LogP contribution in [-0.4, -0.2) is 22.5 Å². The van der Waals surface area contributed by atoms with Gasteiger partial charge in [0.2, 0.25) is 0 Å². The zero-order valence-electron chi connectivity index (χ0n) is 8.60. The van der Waals surface area contributed by atoms with Crippen molar-refractivity contribution in [3.8, 4) is 0 Å². The second kappa shape index (κ2) is 6.97. The van der Waals surface area contributed by atoms with Gasteiger partial charge in [-0.15, -0.1) is 0 Å². The number of hydrogen-bond donors (Lipinski definition) is 2. The Morgan fingerprint density at radius 3 is 2.27 bits per heavy atom.